The number of halogens is 1. The maximum Gasteiger partial charge on any atom is 0.344 e. The molecular formula is C22H19ClN2O4. The summed E-state index contributed by atoms with van der Waals surface area (Å²) >= 11 is 6.03. The first-order valence-corrected chi connectivity index (χ1v) is 9.36. The first kappa shape index (κ1) is 20.4. The molecule has 1 N–H and O–H groups in total. The number of benzene rings is 2. The van der Waals surface area contributed by atoms with Crippen LogP contribution in [0.25, 0.3) is 11.3 Å². The van der Waals surface area contributed by atoms with Gasteiger partial charge >= 0.3 is 5.97 Å². The topological polar surface area (TPSA) is 77.5 Å². The van der Waals surface area contributed by atoms with E-state index in [0.29, 0.717) is 28.8 Å². The number of ether oxygens (including phenoxy) is 2. The van der Waals surface area contributed by atoms with Gasteiger partial charge in [0.05, 0.1) is 12.3 Å². The third kappa shape index (κ3) is 5.80. The number of hydrogen-bond donors (Lipinski definition) is 1. The van der Waals surface area contributed by atoms with Gasteiger partial charge in [0.25, 0.3) is 5.91 Å². The second kappa shape index (κ2) is 9.71. The van der Waals surface area contributed by atoms with Crippen molar-refractivity contribution in [3.63, 3.8) is 0 Å². The summed E-state index contributed by atoms with van der Waals surface area (Å²) in [7, 11) is 0. The minimum absolute atomic E-state index is 0.200. The van der Waals surface area contributed by atoms with Gasteiger partial charge in [0.1, 0.15) is 11.4 Å². The molecule has 0 atom stereocenters. The Morgan fingerprint density at radius 1 is 1.03 bits per heavy atom. The standard InChI is InChI=1S/C22H19ClN2O4/c1-2-28-21(26)14-29-18-9-4-8-17(13-18)24-22(27)20-11-5-10-19(25-20)15-6-3-7-16(23)12-15/h3-13H,2,14H2,1H3,(H,24,27). The molecule has 0 radical (unpaired) electrons. The smallest absolute Gasteiger partial charge is 0.344 e. The molecule has 0 aliphatic rings. The molecule has 1 heterocycles. The minimum Gasteiger partial charge on any atom is -0.482 e. The van der Waals surface area contributed by atoms with Crippen LogP contribution in [0, 0.1) is 0 Å². The predicted molar refractivity (Wildman–Crippen MR) is 111 cm³/mol. The summed E-state index contributed by atoms with van der Waals surface area (Å²) in [6, 6.07) is 19.2. The highest BCUT2D eigenvalue weighted by Crippen LogP contribution is 2.22. The predicted octanol–water partition coefficient (Wildman–Crippen LogP) is 4.60. The molecule has 3 aromatic rings. The van der Waals surface area contributed by atoms with Crippen LogP contribution in [0.15, 0.2) is 66.7 Å². The number of aromatic nitrogens is 1. The van der Waals surface area contributed by atoms with Gasteiger partial charge in [0.2, 0.25) is 0 Å². The fraction of sp³-hybridized carbons (Fsp3) is 0.136. The number of carbonyl (C=O) groups excluding carboxylic acids is 2. The maximum absolute atomic E-state index is 12.6. The van der Waals surface area contributed by atoms with Gasteiger partial charge in [-0.1, -0.05) is 35.9 Å². The summed E-state index contributed by atoms with van der Waals surface area (Å²) in [6.07, 6.45) is 0. The van der Waals surface area contributed by atoms with Gasteiger partial charge in [-0.15, -0.1) is 0 Å². The molecule has 1 aromatic heterocycles. The third-order valence-electron chi connectivity index (χ3n) is 3.86. The number of anilines is 1. The Hall–Kier alpha value is -3.38. The van der Waals surface area contributed by atoms with Crippen molar-refractivity contribution < 1.29 is 19.1 Å². The lowest BCUT2D eigenvalue weighted by Gasteiger charge is -2.09. The molecule has 0 bridgehead atoms. The van der Waals surface area contributed by atoms with Gasteiger partial charge in [-0.05, 0) is 43.3 Å². The zero-order chi connectivity index (χ0) is 20.6. The molecule has 1 amide bonds. The number of rotatable bonds is 7. The van der Waals surface area contributed by atoms with Gasteiger partial charge in [0, 0.05) is 22.3 Å². The molecule has 0 spiro atoms. The Bertz CT molecular complexity index is 1020. The van der Waals surface area contributed by atoms with Gasteiger partial charge in [-0.3, -0.25) is 4.79 Å². The quantitative estimate of drug-likeness (QED) is 0.576. The first-order valence-electron chi connectivity index (χ1n) is 8.98. The lowest BCUT2D eigenvalue weighted by atomic mass is 10.1. The van der Waals surface area contributed by atoms with Crippen LogP contribution < -0.4 is 10.1 Å². The molecule has 29 heavy (non-hydrogen) atoms. The van der Waals surface area contributed by atoms with Crippen LogP contribution in [-0.2, 0) is 9.53 Å². The Balaban J connectivity index is 1.70. The number of hydrogen-bond acceptors (Lipinski definition) is 5. The first-order chi connectivity index (χ1) is 14.0. The number of carbonyl (C=O) groups is 2. The largest absolute Gasteiger partial charge is 0.482 e. The Morgan fingerprint density at radius 2 is 1.83 bits per heavy atom. The van der Waals surface area contributed by atoms with E-state index in [1.54, 1.807) is 55.5 Å². The Labute approximate surface area is 173 Å². The molecule has 0 unspecified atom stereocenters. The minimum atomic E-state index is -0.455. The van der Waals surface area contributed by atoms with Crippen molar-refractivity contribution >= 4 is 29.2 Å². The van der Waals surface area contributed by atoms with Crippen LogP contribution in [0.3, 0.4) is 0 Å². The molecule has 3 rings (SSSR count). The van der Waals surface area contributed by atoms with E-state index < -0.39 is 5.97 Å². The van der Waals surface area contributed by atoms with Crippen LogP contribution in [0.5, 0.6) is 5.75 Å². The van der Waals surface area contributed by atoms with Crippen LogP contribution in [0.4, 0.5) is 5.69 Å². The molecule has 0 saturated heterocycles. The van der Waals surface area contributed by atoms with Crippen molar-refractivity contribution in [2.45, 2.75) is 6.92 Å². The number of nitrogens with zero attached hydrogens (tertiary/aromatic N) is 1. The number of nitrogens with one attached hydrogen (secondary N) is 1. The average Bonchev–Trinajstić information content (AvgIpc) is 2.73. The molecule has 2 aromatic carbocycles. The van der Waals surface area contributed by atoms with Crippen LogP contribution in [0.1, 0.15) is 17.4 Å². The molecule has 6 nitrogen and oxygen atoms in total. The van der Waals surface area contributed by atoms with Crippen LogP contribution in [0.2, 0.25) is 5.02 Å². The zero-order valence-corrected chi connectivity index (χ0v) is 16.5. The van der Waals surface area contributed by atoms with Crippen molar-refractivity contribution in [3.05, 3.63) is 77.4 Å². The van der Waals surface area contributed by atoms with Crippen LogP contribution in [-0.4, -0.2) is 30.1 Å². The molecule has 0 aliphatic heterocycles. The highest BCUT2D eigenvalue weighted by molar-refractivity contribution is 6.30. The highest BCUT2D eigenvalue weighted by Gasteiger charge is 2.11. The molecule has 0 fully saturated rings. The molecule has 0 aliphatic carbocycles. The zero-order valence-electron chi connectivity index (χ0n) is 15.7. The van der Waals surface area contributed by atoms with E-state index in [0.717, 1.165) is 5.56 Å². The SMILES string of the molecule is CCOC(=O)COc1cccc(NC(=O)c2cccc(-c3cccc(Cl)c3)n2)c1. The third-order valence-corrected chi connectivity index (χ3v) is 4.09. The summed E-state index contributed by atoms with van der Waals surface area (Å²) in [5, 5.41) is 3.37. The van der Waals surface area contributed by atoms with E-state index in [4.69, 9.17) is 21.1 Å². The number of amides is 1. The number of esters is 1. The van der Waals surface area contributed by atoms with Crippen LogP contribution >= 0.6 is 11.6 Å². The summed E-state index contributed by atoms with van der Waals surface area (Å²) < 4.78 is 10.2. The van der Waals surface area contributed by atoms with E-state index in [2.05, 4.69) is 10.3 Å². The molecule has 0 saturated carbocycles. The summed E-state index contributed by atoms with van der Waals surface area (Å²) in [6.45, 7) is 1.82. The lowest BCUT2D eigenvalue weighted by molar-refractivity contribution is -0.145. The lowest BCUT2D eigenvalue weighted by Crippen LogP contribution is -2.15. The highest BCUT2D eigenvalue weighted by atomic mass is 35.5. The fourth-order valence-corrected chi connectivity index (χ4v) is 2.76. The summed E-state index contributed by atoms with van der Waals surface area (Å²) in [5.74, 6) is -0.378. The van der Waals surface area contributed by atoms with Gasteiger partial charge < -0.3 is 14.8 Å². The van der Waals surface area contributed by atoms with Crippen molar-refractivity contribution in [2.24, 2.45) is 0 Å². The van der Waals surface area contributed by atoms with Gasteiger partial charge in [-0.25, -0.2) is 9.78 Å². The summed E-state index contributed by atoms with van der Waals surface area (Å²) in [4.78, 5) is 28.4. The van der Waals surface area contributed by atoms with E-state index in [1.165, 1.54) is 0 Å². The average molecular weight is 411 g/mol. The van der Waals surface area contributed by atoms with Crippen molar-refractivity contribution in [3.8, 4) is 17.0 Å². The molecular weight excluding hydrogens is 392 g/mol. The van der Waals surface area contributed by atoms with E-state index in [9.17, 15) is 9.59 Å². The Kier molecular flexibility index (Phi) is 6.81. The van der Waals surface area contributed by atoms with Crippen molar-refractivity contribution in [1.82, 2.24) is 4.98 Å². The van der Waals surface area contributed by atoms with Crippen molar-refractivity contribution in [2.75, 3.05) is 18.5 Å². The van der Waals surface area contributed by atoms with Crippen molar-refractivity contribution in [1.29, 1.82) is 0 Å². The Morgan fingerprint density at radius 3 is 2.62 bits per heavy atom. The monoisotopic (exact) mass is 410 g/mol. The maximum atomic E-state index is 12.6. The normalized spacial score (nSPS) is 10.3. The second-order valence-corrected chi connectivity index (χ2v) is 6.43. The molecule has 148 valence electrons. The van der Waals surface area contributed by atoms with Gasteiger partial charge in [-0.2, -0.15) is 0 Å². The van der Waals surface area contributed by atoms with E-state index in [1.807, 2.05) is 18.2 Å². The van der Waals surface area contributed by atoms with Gasteiger partial charge in [0.15, 0.2) is 6.61 Å². The fourth-order valence-electron chi connectivity index (χ4n) is 2.57. The molecule has 7 heteroatoms. The number of pyridine rings is 1. The summed E-state index contributed by atoms with van der Waals surface area (Å²) in [5.41, 5.74) is 2.25. The second-order valence-electron chi connectivity index (χ2n) is 5.99. The van der Waals surface area contributed by atoms with E-state index in [-0.39, 0.29) is 18.2 Å². The van der Waals surface area contributed by atoms with E-state index >= 15 is 0 Å².